The maximum absolute atomic E-state index is 8.48. The number of hydrogen-bond donors (Lipinski definition) is 1. The molecule has 0 bridgehead atoms. The van der Waals surface area contributed by atoms with E-state index in [9.17, 15) is 0 Å². The Balaban J connectivity index is 2.73. The molecule has 0 spiro atoms. The maximum Gasteiger partial charge on any atom is 0.121 e. The first-order valence-electron chi connectivity index (χ1n) is 5.11. The summed E-state index contributed by atoms with van der Waals surface area (Å²) in [7, 11) is 0. The highest BCUT2D eigenvalue weighted by Crippen LogP contribution is 2.20. The molecule has 4 nitrogen and oxygen atoms in total. The van der Waals surface area contributed by atoms with Crippen molar-refractivity contribution in [1.82, 2.24) is 9.78 Å². The summed E-state index contributed by atoms with van der Waals surface area (Å²) in [4.78, 5) is 0. The number of nitrogen functional groups attached to an aromatic ring is 1. The first-order chi connectivity index (χ1) is 6.92. The molecule has 0 saturated heterocycles. The van der Waals surface area contributed by atoms with E-state index >= 15 is 0 Å². The van der Waals surface area contributed by atoms with Gasteiger partial charge in [0.15, 0.2) is 0 Å². The molecule has 2 N–H and O–H groups in total. The topological polar surface area (TPSA) is 67.6 Å². The second kappa shape index (κ2) is 4.35. The number of hydrogen-bond acceptors (Lipinski definition) is 3. The summed E-state index contributed by atoms with van der Waals surface area (Å²) in [5.41, 5.74) is 7.00. The van der Waals surface area contributed by atoms with E-state index in [0.717, 1.165) is 12.1 Å². The Morgan fingerprint density at radius 3 is 2.73 bits per heavy atom. The van der Waals surface area contributed by atoms with Crippen molar-refractivity contribution in [1.29, 1.82) is 5.26 Å². The minimum atomic E-state index is 0.209. The van der Waals surface area contributed by atoms with Crippen LogP contribution in [-0.2, 0) is 13.0 Å². The van der Waals surface area contributed by atoms with Gasteiger partial charge in [0.05, 0.1) is 24.7 Å². The third-order valence-electron chi connectivity index (χ3n) is 2.01. The Morgan fingerprint density at radius 2 is 2.20 bits per heavy atom. The minimum Gasteiger partial charge on any atom is -0.384 e. The molecule has 0 aliphatic rings. The Bertz CT molecular complexity index is 365. The molecule has 0 aromatic carbocycles. The number of nitrogens with zero attached hydrogens (tertiary/aromatic N) is 3. The van der Waals surface area contributed by atoms with E-state index in [1.165, 1.54) is 0 Å². The number of aromatic nitrogens is 2. The number of rotatable bonds is 3. The highest BCUT2D eigenvalue weighted by molar-refractivity contribution is 5.31. The van der Waals surface area contributed by atoms with Gasteiger partial charge < -0.3 is 5.73 Å². The largest absolute Gasteiger partial charge is 0.384 e. The molecule has 1 rings (SSSR count). The highest BCUT2D eigenvalue weighted by atomic mass is 15.3. The van der Waals surface area contributed by atoms with Crippen molar-refractivity contribution in [2.75, 3.05) is 5.73 Å². The van der Waals surface area contributed by atoms with Gasteiger partial charge in [-0.15, -0.1) is 0 Å². The summed E-state index contributed by atoms with van der Waals surface area (Å²) in [6.45, 7) is 7.07. The molecular formula is C11H18N4. The second-order valence-corrected chi connectivity index (χ2v) is 4.93. The van der Waals surface area contributed by atoms with Crippen LogP contribution in [0.3, 0.4) is 0 Å². The summed E-state index contributed by atoms with van der Waals surface area (Å²) in [6, 6.07) is 3.98. The van der Waals surface area contributed by atoms with E-state index in [1.54, 1.807) is 4.68 Å². The van der Waals surface area contributed by atoms with Gasteiger partial charge in [-0.3, -0.25) is 0 Å². The standard InChI is InChI=1S/C11H18N4/c1-11(2,3)8-9-7-10(13)15(14-9)6-4-5-12/h7H,4,6,8,13H2,1-3H3. The lowest BCUT2D eigenvalue weighted by atomic mass is 9.91. The van der Waals surface area contributed by atoms with Crippen LogP contribution in [0, 0.1) is 16.7 Å². The van der Waals surface area contributed by atoms with Crippen molar-refractivity contribution < 1.29 is 0 Å². The number of aryl methyl sites for hydroxylation is 1. The van der Waals surface area contributed by atoms with Crippen LogP contribution in [0.2, 0.25) is 0 Å². The molecule has 15 heavy (non-hydrogen) atoms. The van der Waals surface area contributed by atoms with Crippen LogP contribution in [0.25, 0.3) is 0 Å². The number of nitriles is 1. The van der Waals surface area contributed by atoms with Crippen molar-refractivity contribution >= 4 is 5.82 Å². The molecule has 0 aliphatic carbocycles. The van der Waals surface area contributed by atoms with Crippen LogP contribution in [0.1, 0.15) is 32.9 Å². The molecule has 0 amide bonds. The van der Waals surface area contributed by atoms with E-state index in [0.29, 0.717) is 18.8 Å². The average Bonchev–Trinajstić information content (AvgIpc) is 2.39. The summed E-state index contributed by atoms with van der Waals surface area (Å²) >= 11 is 0. The van der Waals surface area contributed by atoms with Gasteiger partial charge in [0.25, 0.3) is 0 Å². The van der Waals surface area contributed by atoms with Crippen molar-refractivity contribution in [2.24, 2.45) is 5.41 Å². The molecule has 1 aromatic rings. The normalized spacial score (nSPS) is 11.3. The fourth-order valence-electron chi connectivity index (χ4n) is 1.45. The lowest BCUT2D eigenvalue weighted by Gasteiger charge is -2.15. The van der Waals surface area contributed by atoms with Gasteiger partial charge in [-0.2, -0.15) is 10.4 Å². The Labute approximate surface area is 90.7 Å². The maximum atomic E-state index is 8.48. The lowest BCUT2D eigenvalue weighted by Crippen LogP contribution is -2.10. The van der Waals surface area contributed by atoms with Crippen LogP contribution in [0.15, 0.2) is 6.07 Å². The molecule has 1 aromatic heterocycles. The Kier molecular flexibility index (Phi) is 3.35. The van der Waals surface area contributed by atoms with Crippen LogP contribution in [0.5, 0.6) is 0 Å². The zero-order valence-electron chi connectivity index (χ0n) is 9.62. The van der Waals surface area contributed by atoms with E-state index < -0.39 is 0 Å². The number of nitrogens with two attached hydrogens (primary N) is 1. The quantitative estimate of drug-likeness (QED) is 0.822. The van der Waals surface area contributed by atoms with E-state index in [4.69, 9.17) is 11.0 Å². The fraction of sp³-hybridized carbons (Fsp3) is 0.636. The lowest BCUT2D eigenvalue weighted by molar-refractivity contribution is 0.403. The SMILES string of the molecule is CC(C)(C)Cc1cc(N)n(CCC#N)n1. The van der Waals surface area contributed by atoms with Crippen molar-refractivity contribution in [3.05, 3.63) is 11.8 Å². The summed E-state index contributed by atoms with van der Waals surface area (Å²) < 4.78 is 1.70. The van der Waals surface area contributed by atoms with Gasteiger partial charge in [-0.25, -0.2) is 4.68 Å². The predicted molar refractivity (Wildman–Crippen MR) is 60.0 cm³/mol. The first kappa shape index (κ1) is 11.6. The first-order valence-corrected chi connectivity index (χ1v) is 5.11. The zero-order chi connectivity index (χ0) is 11.5. The van der Waals surface area contributed by atoms with Gasteiger partial charge in [0.2, 0.25) is 0 Å². The van der Waals surface area contributed by atoms with Gasteiger partial charge in [-0.05, 0) is 11.8 Å². The van der Waals surface area contributed by atoms with Crippen molar-refractivity contribution in [2.45, 2.75) is 40.2 Å². The summed E-state index contributed by atoms with van der Waals surface area (Å²) in [6.07, 6.45) is 1.34. The Morgan fingerprint density at radius 1 is 1.53 bits per heavy atom. The van der Waals surface area contributed by atoms with Gasteiger partial charge in [0, 0.05) is 6.07 Å². The number of anilines is 1. The van der Waals surface area contributed by atoms with Crippen molar-refractivity contribution in [3.8, 4) is 6.07 Å². The summed E-state index contributed by atoms with van der Waals surface area (Å²) in [5, 5.41) is 12.9. The van der Waals surface area contributed by atoms with Crippen molar-refractivity contribution in [3.63, 3.8) is 0 Å². The average molecular weight is 206 g/mol. The highest BCUT2D eigenvalue weighted by Gasteiger charge is 2.14. The minimum absolute atomic E-state index is 0.209. The molecule has 4 heteroatoms. The zero-order valence-corrected chi connectivity index (χ0v) is 9.62. The van der Waals surface area contributed by atoms with E-state index in [2.05, 4.69) is 31.9 Å². The summed E-state index contributed by atoms with van der Waals surface area (Å²) in [5.74, 6) is 0.643. The van der Waals surface area contributed by atoms with Crippen LogP contribution >= 0.6 is 0 Å². The molecule has 1 heterocycles. The second-order valence-electron chi connectivity index (χ2n) is 4.93. The molecule has 82 valence electrons. The van der Waals surface area contributed by atoms with Gasteiger partial charge in [0.1, 0.15) is 5.82 Å². The smallest absolute Gasteiger partial charge is 0.121 e. The molecule has 0 saturated carbocycles. The van der Waals surface area contributed by atoms with E-state index in [1.807, 2.05) is 6.07 Å². The molecular weight excluding hydrogens is 188 g/mol. The van der Waals surface area contributed by atoms with Crippen LogP contribution in [-0.4, -0.2) is 9.78 Å². The van der Waals surface area contributed by atoms with Crippen LogP contribution < -0.4 is 5.73 Å². The molecule has 0 aliphatic heterocycles. The van der Waals surface area contributed by atoms with Gasteiger partial charge >= 0.3 is 0 Å². The molecule has 0 atom stereocenters. The monoisotopic (exact) mass is 206 g/mol. The molecule has 0 radical (unpaired) electrons. The van der Waals surface area contributed by atoms with Crippen LogP contribution in [0.4, 0.5) is 5.82 Å². The van der Waals surface area contributed by atoms with Gasteiger partial charge in [-0.1, -0.05) is 20.8 Å². The fourth-order valence-corrected chi connectivity index (χ4v) is 1.45. The van der Waals surface area contributed by atoms with E-state index in [-0.39, 0.29) is 5.41 Å². The Hall–Kier alpha value is -1.50. The molecule has 0 unspecified atom stereocenters. The third kappa shape index (κ3) is 3.62. The molecule has 0 fully saturated rings. The third-order valence-corrected chi connectivity index (χ3v) is 2.01. The predicted octanol–water partition coefficient (Wildman–Crippen LogP) is 1.97.